The second kappa shape index (κ2) is 32.9. The van der Waals surface area contributed by atoms with Crippen LogP contribution >= 0.6 is 0 Å². The van der Waals surface area contributed by atoms with Crippen LogP contribution in [0.15, 0.2) is 48.5 Å². The maximum absolute atomic E-state index is 16.0. The Bertz CT molecular complexity index is 2820. The SMILES string of the molecule is C[C@@H](OC(=O)[C@H](CC(C)(C)C)N(C)C(=O)[C@@H](Cc1ccc(C2CCOCC2)cc1)OC(=O)[C@H](CC(C)(C)F)N(C)C(=O)[C@@H](C)OC(=O)[C@H](CC(C)(C)C)N(C)C(=O)[C@@H](Cc1ccc(C2CCOCC2)cc1)OC(=O)[C@H](CC(C)(C)F)N(C)C(=O)OC(C)(C)C)C(=O)O. The Kier molecular flexibility index (Phi) is 27.8. The van der Waals surface area contributed by atoms with Gasteiger partial charge in [-0.2, -0.15) is 0 Å². The number of hydrogen-bond acceptors (Lipinski definition) is 16. The first-order valence-corrected chi connectivity index (χ1v) is 31.9. The highest BCUT2D eigenvalue weighted by Crippen LogP contribution is 2.33. The maximum Gasteiger partial charge on any atom is 0.410 e. The van der Waals surface area contributed by atoms with Crippen LogP contribution in [-0.4, -0.2) is 199 Å². The smallest absolute Gasteiger partial charge is 0.410 e. The fraction of sp³-hybridized carbons (Fsp3) is 0.696. The van der Waals surface area contributed by atoms with Gasteiger partial charge in [0, 0.05) is 80.3 Å². The van der Waals surface area contributed by atoms with Gasteiger partial charge < -0.3 is 53.0 Å². The minimum absolute atomic E-state index is 0.0104. The summed E-state index contributed by atoms with van der Waals surface area (Å²) >= 11 is 0. The van der Waals surface area contributed by atoms with E-state index in [9.17, 15) is 43.5 Å². The molecule has 2 fully saturated rings. The highest BCUT2D eigenvalue weighted by Gasteiger charge is 2.45. The first-order chi connectivity index (χ1) is 42.3. The molecule has 4 amide bonds. The van der Waals surface area contributed by atoms with Crippen molar-refractivity contribution in [2.75, 3.05) is 54.6 Å². The number of carbonyl (C=O) groups excluding carboxylic acids is 8. The molecule has 4 rings (SSSR count). The lowest BCUT2D eigenvalue weighted by Gasteiger charge is -2.36. The summed E-state index contributed by atoms with van der Waals surface area (Å²) in [5.74, 6) is -8.22. The largest absolute Gasteiger partial charge is 0.479 e. The third kappa shape index (κ3) is 24.9. The summed E-state index contributed by atoms with van der Waals surface area (Å²) in [4.78, 5) is 132. The molecule has 21 nitrogen and oxygen atoms in total. The van der Waals surface area contributed by atoms with E-state index in [1.807, 2.05) is 24.3 Å². The molecule has 8 atom stereocenters. The van der Waals surface area contributed by atoms with Crippen molar-refractivity contribution in [3.8, 4) is 0 Å². The Hall–Kier alpha value is -6.75. The van der Waals surface area contributed by atoms with Gasteiger partial charge in [0.05, 0.1) is 0 Å². The van der Waals surface area contributed by atoms with Gasteiger partial charge in [0.25, 0.3) is 17.7 Å². The van der Waals surface area contributed by atoms with Gasteiger partial charge >= 0.3 is 35.9 Å². The van der Waals surface area contributed by atoms with Gasteiger partial charge in [-0.25, -0.2) is 37.5 Å². The molecule has 0 unspecified atom stereocenters. The van der Waals surface area contributed by atoms with E-state index in [-0.39, 0.29) is 37.5 Å². The van der Waals surface area contributed by atoms with Crippen LogP contribution in [0.3, 0.4) is 0 Å². The van der Waals surface area contributed by atoms with Gasteiger partial charge in [-0.05, 0) is 146 Å². The van der Waals surface area contributed by atoms with Crippen molar-refractivity contribution < 1.29 is 90.2 Å². The van der Waals surface area contributed by atoms with E-state index in [4.69, 9.17) is 33.2 Å². The molecular weight excluding hydrogens is 1190 g/mol. The standard InChI is InChI=1S/C69H104F2N4O17/c1-42(56(76)72(16)52(40-68(12,13)70)62(83)90-54(36-44-20-24-46(25-21-44)48-28-32-86-33-29-48)57(77)74(18)51(39-66(6,7)8)61(82)89-43(2)59(79)80)88-60(81)50(38-65(3,4)5)73(17)58(78)55(37-45-22-26-47(27-23-45)49-30-34-87-35-31-49)91-63(84)53(41-69(14,15)71)75(19)64(85)92-67(9,10)11/h20-27,42-43,48-55H,28-41H2,1-19H3,(H,79,80)/t42-,43-,50+,51+,52+,53+,54-,55-/m1/s1. The number of carboxylic acid groups (broad SMARTS) is 1. The number of ether oxygens (including phenoxy) is 7. The lowest BCUT2D eigenvalue weighted by atomic mass is 9.87. The summed E-state index contributed by atoms with van der Waals surface area (Å²) in [6.07, 6.45) is -6.22. The zero-order chi connectivity index (χ0) is 69.6. The topological polar surface area (TPSA) is 251 Å². The third-order valence-corrected chi connectivity index (χ3v) is 16.2. The number of rotatable bonds is 28. The number of halogens is 2. The number of likely N-dealkylation sites (N-methyl/N-ethyl adjacent to an activating group) is 4. The van der Waals surface area contributed by atoms with Crippen molar-refractivity contribution in [1.82, 2.24) is 19.6 Å². The molecule has 0 bridgehead atoms. The van der Waals surface area contributed by atoms with Crippen LogP contribution in [0.4, 0.5) is 13.6 Å². The number of carboxylic acids is 1. The van der Waals surface area contributed by atoms with Crippen LogP contribution < -0.4 is 0 Å². The van der Waals surface area contributed by atoms with E-state index in [1.165, 1.54) is 69.7 Å². The Morgan fingerprint density at radius 3 is 1.09 bits per heavy atom. The molecule has 23 heteroatoms. The number of amides is 4. The number of hydrogen-bond donors (Lipinski definition) is 1. The van der Waals surface area contributed by atoms with Crippen LogP contribution in [0.2, 0.25) is 0 Å². The van der Waals surface area contributed by atoms with Gasteiger partial charge in [0.2, 0.25) is 0 Å². The van der Waals surface area contributed by atoms with Crippen molar-refractivity contribution in [1.29, 1.82) is 0 Å². The summed E-state index contributed by atoms with van der Waals surface area (Å²) in [6.45, 7) is 25.2. The minimum Gasteiger partial charge on any atom is -0.479 e. The van der Waals surface area contributed by atoms with Crippen molar-refractivity contribution in [2.24, 2.45) is 10.8 Å². The normalized spacial score (nSPS) is 17.2. The summed E-state index contributed by atoms with van der Waals surface area (Å²) in [7, 11) is 5.04. The lowest BCUT2D eigenvalue weighted by Crippen LogP contribution is -2.54. The van der Waals surface area contributed by atoms with Crippen LogP contribution in [0, 0.1) is 10.8 Å². The summed E-state index contributed by atoms with van der Waals surface area (Å²) in [5.41, 5.74) is -3.38. The summed E-state index contributed by atoms with van der Waals surface area (Å²) < 4.78 is 71.6. The second-order valence-corrected chi connectivity index (χ2v) is 29.4. The Morgan fingerprint density at radius 2 is 0.772 bits per heavy atom. The van der Waals surface area contributed by atoms with E-state index in [0.29, 0.717) is 37.6 Å². The average Bonchev–Trinajstić information content (AvgIpc) is 0.892. The van der Waals surface area contributed by atoms with Crippen molar-refractivity contribution in [3.05, 3.63) is 70.8 Å². The van der Waals surface area contributed by atoms with E-state index in [2.05, 4.69) is 0 Å². The Labute approximate surface area is 543 Å². The third-order valence-electron chi connectivity index (χ3n) is 16.2. The van der Waals surface area contributed by atoms with E-state index in [1.54, 1.807) is 86.6 Å². The van der Waals surface area contributed by atoms with Crippen LogP contribution in [0.25, 0.3) is 0 Å². The lowest BCUT2D eigenvalue weighted by molar-refractivity contribution is -0.175. The van der Waals surface area contributed by atoms with Crippen molar-refractivity contribution in [2.45, 2.75) is 245 Å². The van der Waals surface area contributed by atoms with Gasteiger partial charge in [0.1, 0.15) is 41.1 Å². The number of carbonyl (C=O) groups is 9. The minimum atomic E-state index is -2.17. The van der Waals surface area contributed by atoms with Gasteiger partial charge in [-0.15, -0.1) is 0 Å². The molecule has 2 saturated heterocycles. The number of aliphatic carboxylic acids is 1. The maximum atomic E-state index is 16.0. The summed E-state index contributed by atoms with van der Waals surface area (Å²) in [6, 6.07) is 8.57. The average molecular weight is 1300 g/mol. The predicted molar refractivity (Wildman–Crippen MR) is 340 cm³/mol. The van der Waals surface area contributed by atoms with E-state index < -0.39 is 143 Å². The van der Waals surface area contributed by atoms with Gasteiger partial charge in [0.15, 0.2) is 24.4 Å². The quantitative estimate of drug-likeness (QED) is 0.0614. The first kappa shape index (κ1) is 77.7. The molecular formula is C69H104F2N4O17. The van der Waals surface area contributed by atoms with E-state index >= 15 is 13.6 Å². The highest BCUT2D eigenvalue weighted by molar-refractivity contribution is 5.93. The number of esters is 4. The van der Waals surface area contributed by atoms with Gasteiger partial charge in [-0.3, -0.25) is 19.3 Å². The predicted octanol–water partition coefficient (Wildman–Crippen LogP) is 9.90. The highest BCUT2D eigenvalue weighted by atomic mass is 19.1. The first-order valence-electron chi connectivity index (χ1n) is 31.9. The van der Waals surface area contributed by atoms with Crippen molar-refractivity contribution in [3.63, 3.8) is 0 Å². The molecule has 92 heavy (non-hydrogen) atoms. The zero-order valence-corrected chi connectivity index (χ0v) is 57.8. The molecule has 0 aromatic heterocycles. The van der Waals surface area contributed by atoms with Crippen LogP contribution in [0.5, 0.6) is 0 Å². The number of benzene rings is 2. The fourth-order valence-electron chi connectivity index (χ4n) is 11.0. The molecule has 2 aliphatic rings. The van der Waals surface area contributed by atoms with Crippen molar-refractivity contribution >= 4 is 53.7 Å². The summed E-state index contributed by atoms with van der Waals surface area (Å²) in [5, 5.41) is 9.60. The number of alkyl halides is 2. The van der Waals surface area contributed by atoms with Crippen LogP contribution in [0.1, 0.15) is 189 Å². The van der Waals surface area contributed by atoms with E-state index in [0.717, 1.165) is 56.4 Å². The van der Waals surface area contributed by atoms with Crippen LogP contribution in [-0.2, 0) is 84.4 Å². The number of nitrogens with zero attached hydrogens (tertiary/aromatic N) is 4. The molecule has 0 spiro atoms. The fourth-order valence-corrected chi connectivity index (χ4v) is 11.0. The Balaban J connectivity index is 1.72. The van der Waals surface area contributed by atoms with Gasteiger partial charge in [-0.1, -0.05) is 90.1 Å². The monoisotopic (exact) mass is 1300 g/mol. The Morgan fingerprint density at radius 1 is 0.467 bits per heavy atom. The molecule has 516 valence electrons. The molecule has 1 N–H and O–H groups in total. The molecule has 2 aliphatic heterocycles. The molecule has 2 heterocycles. The molecule has 0 aliphatic carbocycles. The molecule has 2 aromatic rings. The zero-order valence-electron chi connectivity index (χ0n) is 57.8. The molecule has 0 saturated carbocycles. The molecule has 0 radical (unpaired) electrons. The molecule has 2 aromatic carbocycles. The second-order valence-electron chi connectivity index (χ2n) is 29.4.